The molecule has 4 aromatic rings. The van der Waals surface area contributed by atoms with Crippen LogP contribution >= 0.6 is 0 Å². The number of methoxy groups -OCH3 is 1. The quantitative estimate of drug-likeness (QED) is 0.244. The Labute approximate surface area is 275 Å². The van der Waals surface area contributed by atoms with Gasteiger partial charge in [-0.05, 0) is 61.0 Å². The van der Waals surface area contributed by atoms with Crippen molar-refractivity contribution in [2.24, 2.45) is 13.0 Å². The van der Waals surface area contributed by atoms with Crippen LogP contribution in [0.25, 0.3) is 10.9 Å². The number of aromatic nitrogens is 1. The van der Waals surface area contributed by atoms with Crippen molar-refractivity contribution in [2.75, 3.05) is 44.5 Å². The minimum atomic E-state index is -0.480. The van der Waals surface area contributed by atoms with Gasteiger partial charge in [0.1, 0.15) is 17.6 Å². The monoisotopic (exact) mass is 641 g/mol. The third-order valence-corrected chi connectivity index (χ3v) is 8.67. The zero-order valence-electron chi connectivity index (χ0n) is 27.5. The molecule has 0 unspecified atom stereocenters. The van der Waals surface area contributed by atoms with E-state index in [0.29, 0.717) is 35.0 Å². The normalized spacial score (nSPS) is 17.1. The fourth-order valence-corrected chi connectivity index (χ4v) is 5.92. The number of aliphatic hydroxyl groups is 1. The van der Waals surface area contributed by atoms with E-state index in [1.807, 2.05) is 49.0 Å². The Morgan fingerprint density at radius 2 is 1.81 bits per heavy atom. The molecular weight excluding hydrogens is 598 g/mol. The number of urea groups is 1. The first-order valence-electron chi connectivity index (χ1n) is 15.7. The van der Waals surface area contributed by atoms with Gasteiger partial charge in [0, 0.05) is 60.6 Å². The number of likely N-dealkylation sites (N-methyl/N-ethyl adjacent to an activating group) is 1. The summed E-state index contributed by atoms with van der Waals surface area (Å²) in [6, 6.07) is 19.6. The van der Waals surface area contributed by atoms with Gasteiger partial charge in [-0.2, -0.15) is 0 Å². The van der Waals surface area contributed by atoms with E-state index in [4.69, 9.17) is 9.47 Å². The molecule has 3 atom stereocenters. The number of aliphatic hydroxyl groups excluding tert-OH is 1. The molecule has 0 fully saturated rings. The van der Waals surface area contributed by atoms with Crippen molar-refractivity contribution in [3.8, 4) is 11.5 Å². The number of carbonyl (C=O) groups excluding carboxylic acids is 3. The highest BCUT2D eigenvalue weighted by Crippen LogP contribution is 2.30. The highest BCUT2D eigenvalue weighted by molar-refractivity contribution is 5.96. The molecule has 0 radical (unpaired) electrons. The molecule has 0 saturated heterocycles. The highest BCUT2D eigenvalue weighted by Gasteiger charge is 2.32. The van der Waals surface area contributed by atoms with Gasteiger partial charge in [-0.1, -0.05) is 25.1 Å². The molecule has 1 aliphatic heterocycles. The second-order valence-corrected chi connectivity index (χ2v) is 12.3. The van der Waals surface area contributed by atoms with E-state index in [1.54, 1.807) is 73.3 Å². The van der Waals surface area contributed by atoms with Crippen LogP contribution in [0.15, 0.2) is 72.9 Å². The first kappa shape index (κ1) is 33.3. The molecule has 1 aliphatic rings. The predicted molar refractivity (Wildman–Crippen MR) is 182 cm³/mol. The molecule has 11 nitrogen and oxygen atoms in total. The predicted octanol–water partition coefficient (Wildman–Crippen LogP) is 4.68. The number of amides is 4. The molecule has 0 saturated carbocycles. The number of aryl methyl sites for hydroxylation is 1. The molecule has 0 aliphatic carbocycles. The van der Waals surface area contributed by atoms with Crippen molar-refractivity contribution in [1.29, 1.82) is 0 Å². The largest absolute Gasteiger partial charge is 0.497 e. The number of hydrogen-bond donors (Lipinski definition) is 3. The molecule has 47 heavy (non-hydrogen) atoms. The molecule has 0 spiro atoms. The maximum absolute atomic E-state index is 13.6. The second kappa shape index (κ2) is 14.6. The lowest BCUT2D eigenvalue weighted by Gasteiger charge is -2.34. The number of anilines is 2. The molecule has 1 aromatic heterocycles. The summed E-state index contributed by atoms with van der Waals surface area (Å²) >= 11 is 0. The standard InChI is InChI=1S/C36H43N5O6/c1-23-19-41(24(2)22-42)35(44)18-25-16-28(37-34(43)17-26-20-39(3)31-9-7-6-8-30(26)31)12-15-32(25)47-33(23)21-40(4)36(45)38-27-10-13-29(46-5)14-11-27/h6-16,20,23-24,33,42H,17-19,21-22H2,1-5H3,(H,37,43)(H,38,45)/t23-,24-,33-/m0/s1. The SMILES string of the molecule is COc1ccc(NC(=O)N(C)C[C@@H]2Oc3ccc(NC(=O)Cc4cn(C)c5ccccc45)cc3CC(=O)N([C@@H](C)CO)C[C@@H]2C)cc1. The van der Waals surface area contributed by atoms with Crippen LogP contribution in [0.1, 0.15) is 25.0 Å². The molecule has 0 bridgehead atoms. The van der Waals surface area contributed by atoms with E-state index < -0.39 is 12.1 Å². The molecule has 11 heteroatoms. The van der Waals surface area contributed by atoms with Gasteiger partial charge in [0.05, 0.1) is 39.1 Å². The van der Waals surface area contributed by atoms with Crippen LogP contribution in [0.4, 0.5) is 16.2 Å². The van der Waals surface area contributed by atoms with Gasteiger partial charge in [0.2, 0.25) is 11.8 Å². The van der Waals surface area contributed by atoms with Gasteiger partial charge in [-0.3, -0.25) is 9.59 Å². The summed E-state index contributed by atoms with van der Waals surface area (Å²) in [5.74, 6) is 0.670. The minimum absolute atomic E-state index is 0.0277. The third kappa shape index (κ3) is 7.86. The number of nitrogens with zero attached hydrogens (tertiary/aromatic N) is 3. The average molecular weight is 642 g/mol. The van der Waals surface area contributed by atoms with E-state index >= 15 is 0 Å². The zero-order valence-corrected chi connectivity index (χ0v) is 27.5. The number of nitrogens with one attached hydrogen (secondary N) is 2. The van der Waals surface area contributed by atoms with Gasteiger partial charge in [0.15, 0.2) is 0 Å². The first-order chi connectivity index (χ1) is 22.6. The van der Waals surface area contributed by atoms with Gasteiger partial charge in [-0.25, -0.2) is 4.79 Å². The van der Waals surface area contributed by atoms with Crippen molar-refractivity contribution in [3.63, 3.8) is 0 Å². The maximum atomic E-state index is 13.6. The summed E-state index contributed by atoms with van der Waals surface area (Å²) in [5, 5.41) is 16.9. The fourth-order valence-electron chi connectivity index (χ4n) is 5.92. The number of hydrogen-bond acceptors (Lipinski definition) is 6. The lowest BCUT2D eigenvalue weighted by Crippen LogP contribution is -2.48. The Kier molecular flexibility index (Phi) is 10.4. The second-order valence-electron chi connectivity index (χ2n) is 12.3. The van der Waals surface area contributed by atoms with Crippen LogP contribution in [0.5, 0.6) is 11.5 Å². The van der Waals surface area contributed by atoms with Crippen LogP contribution in [0, 0.1) is 5.92 Å². The van der Waals surface area contributed by atoms with Crippen molar-refractivity contribution in [1.82, 2.24) is 14.4 Å². The van der Waals surface area contributed by atoms with Crippen LogP contribution in [-0.2, 0) is 29.5 Å². The first-order valence-corrected chi connectivity index (χ1v) is 15.7. The lowest BCUT2D eigenvalue weighted by atomic mass is 10.0. The Morgan fingerprint density at radius 3 is 2.53 bits per heavy atom. The minimum Gasteiger partial charge on any atom is -0.497 e. The summed E-state index contributed by atoms with van der Waals surface area (Å²) in [5.41, 5.74) is 3.76. The van der Waals surface area contributed by atoms with Gasteiger partial charge < -0.3 is 39.6 Å². The van der Waals surface area contributed by atoms with Crippen molar-refractivity contribution >= 4 is 40.1 Å². The molecule has 248 valence electrons. The number of para-hydroxylation sites is 1. The van der Waals surface area contributed by atoms with Gasteiger partial charge in [0.25, 0.3) is 0 Å². The zero-order chi connectivity index (χ0) is 33.7. The van der Waals surface area contributed by atoms with Gasteiger partial charge >= 0.3 is 6.03 Å². The van der Waals surface area contributed by atoms with E-state index in [0.717, 1.165) is 16.5 Å². The smallest absolute Gasteiger partial charge is 0.321 e. The highest BCUT2D eigenvalue weighted by atomic mass is 16.5. The van der Waals surface area contributed by atoms with Crippen molar-refractivity contribution < 1.29 is 29.0 Å². The lowest BCUT2D eigenvalue weighted by molar-refractivity contribution is -0.134. The average Bonchev–Trinajstić information content (AvgIpc) is 3.39. The van der Waals surface area contributed by atoms with Crippen molar-refractivity contribution in [2.45, 2.75) is 38.8 Å². The summed E-state index contributed by atoms with van der Waals surface area (Å²) < 4.78 is 13.8. The molecule has 3 aromatic carbocycles. The summed E-state index contributed by atoms with van der Waals surface area (Å²) in [4.78, 5) is 43.1. The number of fused-ring (bicyclic) bond motifs is 2. The number of ether oxygens (including phenoxy) is 2. The maximum Gasteiger partial charge on any atom is 0.321 e. The fraction of sp³-hybridized carbons (Fsp3) is 0.361. The number of carbonyl (C=O) groups is 3. The van der Waals surface area contributed by atoms with E-state index in [-0.39, 0.29) is 49.8 Å². The van der Waals surface area contributed by atoms with Gasteiger partial charge in [-0.15, -0.1) is 0 Å². The van der Waals surface area contributed by atoms with E-state index in [2.05, 4.69) is 10.6 Å². The molecule has 3 N–H and O–H groups in total. The Morgan fingerprint density at radius 1 is 1.09 bits per heavy atom. The Hall–Kier alpha value is -5.03. The molecule has 5 rings (SSSR count). The molecular formula is C36H43N5O6. The van der Waals surface area contributed by atoms with E-state index in [9.17, 15) is 19.5 Å². The van der Waals surface area contributed by atoms with Crippen LogP contribution < -0.4 is 20.1 Å². The summed E-state index contributed by atoms with van der Waals surface area (Å²) in [7, 11) is 5.23. The van der Waals surface area contributed by atoms with E-state index in [1.165, 1.54) is 0 Å². The van der Waals surface area contributed by atoms with Crippen LogP contribution in [0.3, 0.4) is 0 Å². The summed E-state index contributed by atoms with van der Waals surface area (Å²) in [6.07, 6.45) is 1.71. The topological polar surface area (TPSA) is 125 Å². The molecule has 2 heterocycles. The van der Waals surface area contributed by atoms with Crippen molar-refractivity contribution in [3.05, 3.63) is 84.1 Å². The van der Waals surface area contributed by atoms with Crippen LogP contribution in [0.2, 0.25) is 0 Å². The third-order valence-electron chi connectivity index (χ3n) is 8.67. The number of benzene rings is 3. The Balaban J connectivity index is 1.35. The number of rotatable bonds is 9. The Bertz CT molecular complexity index is 1740. The summed E-state index contributed by atoms with van der Waals surface area (Å²) in [6.45, 7) is 4.16. The van der Waals surface area contributed by atoms with Crippen LogP contribution in [-0.4, -0.2) is 83.3 Å². The molecule has 4 amide bonds.